The van der Waals surface area contributed by atoms with Crippen molar-refractivity contribution in [2.75, 3.05) is 18.9 Å². The predicted octanol–water partition coefficient (Wildman–Crippen LogP) is 3.96. The van der Waals surface area contributed by atoms with Crippen LogP contribution in [0.2, 0.25) is 0 Å². The van der Waals surface area contributed by atoms with E-state index in [9.17, 15) is 13.6 Å². The van der Waals surface area contributed by atoms with E-state index in [1.54, 1.807) is 29.8 Å². The van der Waals surface area contributed by atoms with Gasteiger partial charge in [-0.2, -0.15) is 4.98 Å². The molecule has 1 aliphatic rings. The highest BCUT2D eigenvalue weighted by Crippen LogP contribution is 2.39. The van der Waals surface area contributed by atoms with Crippen LogP contribution in [0, 0.1) is 6.92 Å². The number of aryl methyl sites for hydroxylation is 1. The Hall–Kier alpha value is -3.66. The van der Waals surface area contributed by atoms with Crippen LogP contribution in [0.1, 0.15) is 34.4 Å². The zero-order valence-electron chi connectivity index (χ0n) is 17.4. The molecule has 8 nitrogen and oxygen atoms in total. The second kappa shape index (κ2) is 7.49. The van der Waals surface area contributed by atoms with Crippen molar-refractivity contribution in [1.29, 1.82) is 0 Å². The van der Waals surface area contributed by atoms with Crippen LogP contribution in [0.3, 0.4) is 0 Å². The number of aromatic nitrogens is 4. The number of fused-ring (bicyclic) bond motifs is 1. The van der Waals surface area contributed by atoms with E-state index in [4.69, 9.17) is 4.52 Å². The minimum atomic E-state index is -2.78. The minimum absolute atomic E-state index is 0.150. The van der Waals surface area contributed by atoms with Gasteiger partial charge in [0.05, 0.1) is 18.8 Å². The topological polar surface area (TPSA) is 88.6 Å². The first-order chi connectivity index (χ1) is 15.3. The predicted molar refractivity (Wildman–Crippen MR) is 113 cm³/mol. The molecule has 1 aliphatic heterocycles. The number of alkyl halides is 2. The summed E-state index contributed by atoms with van der Waals surface area (Å²) in [7, 11) is 1.61. The second-order valence-electron chi connectivity index (χ2n) is 8.00. The molecule has 4 aromatic rings. The van der Waals surface area contributed by atoms with E-state index in [0.717, 1.165) is 5.56 Å². The van der Waals surface area contributed by atoms with Gasteiger partial charge in [0, 0.05) is 23.9 Å². The van der Waals surface area contributed by atoms with Crippen molar-refractivity contribution >= 4 is 17.2 Å². The lowest BCUT2D eigenvalue weighted by molar-refractivity contribution is 0.0138. The third kappa shape index (κ3) is 3.62. The van der Waals surface area contributed by atoms with Gasteiger partial charge in [0.25, 0.3) is 11.8 Å². The molecule has 3 aromatic heterocycles. The molecule has 5 rings (SSSR count). The van der Waals surface area contributed by atoms with Gasteiger partial charge in [-0.05, 0) is 37.7 Å². The van der Waals surface area contributed by atoms with Crippen LogP contribution in [-0.4, -0.2) is 49.8 Å². The SMILES string of the molecule is Cc1ccc(-c2noc(C3CC(F)(F)CN3C)n2)cc1NC(=O)c1cnc2ccccn12. The number of rotatable bonds is 4. The second-order valence-corrected chi connectivity index (χ2v) is 8.00. The van der Waals surface area contributed by atoms with Crippen molar-refractivity contribution in [3.63, 3.8) is 0 Å². The van der Waals surface area contributed by atoms with Crippen molar-refractivity contribution in [2.45, 2.75) is 25.3 Å². The maximum atomic E-state index is 13.7. The first kappa shape index (κ1) is 20.3. The zero-order valence-corrected chi connectivity index (χ0v) is 17.4. The molecular weight excluding hydrogens is 418 g/mol. The average Bonchev–Trinajstić information content (AvgIpc) is 3.46. The molecule has 1 atom stereocenters. The van der Waals surface area contributed by atoms with E-state index >= 15 is 0 Å². The molecule has 1 aromatic carbocycles. The number of halogens is 2. The molecule has 164 valence electrons. The summed E-state index contributed by atoms with van der Waals surface area (Å²) >= 11 is 0. The van der Waals surface area contributed by atoms with Crippen molar-refractivity contribution in [2.24, 2.45) is 0 Å². The molecule has 1 unspecified atom stereocenters. The Kier molecular flexibility index (Phi) is 4.74. The largest absolute Gasteiger partial charge is 0.337 e. The fraction of sp³-hybridized carbons (Fsp3) is 0.273. The summed E-state index contributed by atoms with van der Waals surface area (Å²) in [6.45, 7) is 1.52. The van der Waals surface area contributed by atoms with Crippen LogP contribution < -0.4 is 5.32 Å². The Morgan fingerprint density at radius 3 is 2.91 bits per heavy atom. The summed E-state index contributed by atoms with van der Waals surface area (Å²) in [5.74, 6) is -2.68. The van der Waals surface area contributed by atoms with E-state index < -0.39 is 12.0 Å². The number of amides is 1. The first-order valence-corrected chi connectivity index (χ1v) is 10.1. The van der Waals surface area contributed by atoms with Gasteiger partial charge < -0.3 is 9.84 Å². The first-order valence-electron chi connectivity index (χ1n) is 10.1. The van der Waals surface area contributed by atoms with Gasteiger partial charge in [0.15, 0.2) is 0 Å². The van der Waals surface area contributed by atoms with Gasteiger partial charge in [-0.1, -0.05) is 23.4 Å². The molecule has 32 heavy (non-hydrogen) atoms. The quantitative estimate of drug-likeness (QED) is 0.519. The van der Waals surface area contributed by atoms with Gasteiger partial charge in [0.1, 0.15) is 11.3 Å². The van der Waals surface area contributed by atoms with Crippen LogP contribution in [0.4, 0.5) is 14.5 Å². The van der Waals surface area contributed by atoms with Crippen LogP contribution in [0.5, 0.6) is 0 Å². The molecule has 1 saturated heterocycles. The maximum absolute atomic E-state index is 13.7. The number of carbonyl (C=O) groups excluding carboxylic acids is 1. The van der Waals surface area contributed by atoms with E-state index in [-0.39, 0.29) is 30.6 Å². The molecule has 0 spiro atoms. The molecule has 1 N–H and O–H groups in total. The summed E-state index contributed by atoms with van der Waals surface area (Å²) in [4.78, 5) is 23.0. The molecule has 1 fully saturated rings. The Morgan fingerprint density at radius 1 is 1.28 bits per heavy atom. The summed E-state index contributed by atoms with van der Waals surface area (Å²) in [6.07, 6.45) is 2.92. The number of hydrogen-bond acceptors (Lipinski definition) is 6. The number of nitrogens with zero attached hydrogens (tertiary/aromatic N) is 5. The number of anilines is 1. The lowest BCUT2D eigenvalue weighted by Gasteiger charge is -2.13. The van der Waals surface area contributed by atoms with Gasteiger partial charge >= 0.3 is 0 Å². The highest BCUT2D eigenvalue weighted by Gasteiger charge is 2.46. The smallest absolute Gasteiger partial charge is 0.274 e. The van der Waals surface area contributed by atoms with Gasteiger partial charge in [-0.15, -0.1) is 0 Å². The normalized spacial score (nSPS) is 18.3. The van der Waals surface area contributed by atoms with Gasteiger partial charge in [-0.3, -0.25) is 14.1 Å². The third-order valence-electron chi connectivity index (χ3n) is 5.63. The standard InChI is InChI=1S/C22H20F2N6O2/c1-13-6-7-14(19-27-21(32-28-19)16-10-22(23,24)12-29(16)2)9-15(13)26-20(31)17-11-25-18-5-3-4-8-30(17)18/h3-9,11,16H,10,12H2,1-2H3,(H,26,31). The molecule has 0 saturated carbocycles. The van der Waals surface area contributed by atoms with Gasteiger partial charge in [-0.25, -0.2) is 13.8 Å². The van der Waals surface area contributed by atoms with Gasteiger partial charge in [0.2, 0.25) is 11.7 Å². The summed E-state index contributed by atoms with van der Waals surface area (Å²) in [5, 5.41) is 6.87. The lowest BCUT2D eigenvalue weighted by atomic mass is 10.1. The summed E-state index contributed by atoms with van der Waals surface area (Å²) < 4.78 is 34.4. The number of likely N-dealkylation sites (tertiary alicyclic amines) is 1. The molecule has 10 heteroatoms. The average molecular weight is 438 g/mol. The summed E-state index contributed by atoms with van der Waals surface area (Å²) in [6, 6.07) is 10.2. The molecule has 0 aliphatic carbocycles. The van der Waals surface area contributed by atoms with E-state index in [1.807, 2.05) is 31.2 Å². The highest BCUT2D eigenvalue weighted by molar-refractivity contribution is 6.04. The number of pyridine rings is 1. The van der Waals surface area contributed by atoms with Crippen molar-refractivity contribution < 1.29 is 18.1 Å². The number of carbonyl (C=O) groups is 1. The number of hydrogen-bond donors (Lipinski definition) is 1. The Morgan fingerprint density at radius 2 is 2.12 bits per heavy atom. The van der Waals surface area contributed by atoms with Crippen LogP contribution >= 0.6 is 0 Å². The monoisotopic (exact) mass is 438 g/mol. The lowest BCUT2D eigenvalue weighted by Crippen LogP contribution is -2.22. The molecule has 4 heterocycles. The number of imidazole rings is 1. The maximum Gasteiger partial charge on any atom is 0.274 e. The Bertz CT molecular complexity index is 1310. The van der Waals surface area contributed by atoms with Crippen LogP contribution in [-0.2, 0) is 0 Å². The van der Waals surface area contributed by atoms with E-state index in [2.05, 4.69) is 20.4 Å². The molecule has 0 radical (unpaired) electrons. The van der Waals surface area contributed by atoms with E-state index in [0.29, 0.717) is 22.6 Å². The zero-order chi connectivity index (χ0) is 22.5. The molecular formula is C22H20F2N6O2. The number of nitrogens with one attached hydrogen (secondary N) is 1. The van der Waals surface area contributed by atoms with Crippen molar-refractivity contribution in [1.82, 2.24) is 24.4 Å². The van der Waals surface area contributed by atoms with Crippen LogP contribution in [0.25, 0.3) is 17.0 Å². The van der Waals surface area contributed by atoms with Crippen molar-refractivity contribution in [3.05, 3.63) is 65.9 Å². The van der Waals surface area contributed by atoms with Crippen LogP contribution in [0.15, 0.2) is 53.3 Å². The minimum Gasteiger partial charge on any atom is -0.337 e. The molecule has 0 bridgehead atoms. The highest BCUT2D eigenvalue weighted by atomic mass is 19.3. The fourth-order valence-electron chi connectivity index (χ4n) is 3.92. The number of benzene rings is 1. The fourth-order valence-corrected chi connectivity index (χ4v) is 3.92. The summed E-state index contributed by atoms with van der Waals surface area (Å²) in [5.41, 5.74) is 3.10. The Labute approximate surface area is 181 Å². The van der Waals surface area contributed by atoms with E-state index in [1.165, 1.54) is 11.1 Å². The third-order valence-corrected chi connectivity index (χ3v) is 5.63. The molecule has 1 amide bonds. The Balaban J connectivity index is 1.40. The van der Waals surface area contributed by atoms with Crippen molar-refractivity contribution in [3.8, 4) is 11.4 Å².